The van der Waals surface area contributed by atoms with E-state index >= 15 is 0 Å². The first-order valence-corrected chi connectivity index (χ1v) is 11.7. The Labute approximate surface area is 200 Å². The SMILES string of the molecule is CC1=C(C(=O)Nc2cccnc2)[C@H](c2cccc(O)c2)n2nc(SCc3ccccc3)nc2N1. The highest BCUT2D eigenvalue weighted by Gasteiger charge is 2.34. The van der Waals surface area contributed by atoms with Gasteiger partial charge >= 0.3 is 0 Å². The topological polar surface area (TPSA) is 105 Å². The number of rotatable bonds is 6. The van der Waals surface area contributed by atoms with Crippen LogP contribution < -0.4 is 10.6 Å². The fourth-order valence-corrected chi connectivity index (χ4v) is 4.63. The summed E-state index contributed by atoms with van der Waals surface area (Å²) in [5, 5.41) is 21.6. The third kappa shape index (κ3) is 4.51. The Bertz CT molecular complexity index is 1350. The highest BCUT2D eigenvalue weighted by molar-refractivity contribution is 7.98. The molecule has 0 radical (unpaired) electrons. The van der Waals surface area contributed by atoms with E-state index in [0.717, 1.165) is 11.3 Å². The molecule has 3 N–H and O–H groups in total. The van der Waals surface area contributed by atoms with E-state index in [4.69, 9.17) is 5.10 Å². The van der Waals surface area contributed by atoms with Gasteiger partial charge in [-0.2, -0.15) is 4.98 Å². The van der Waals surface area contributed by atoms with Gasteiger partial charge in [0.15, 0.2) is 0 Å². The van der Waals surface area contributed by atoms with Crippen LogP contribution in [0.15, 0.2) is 95.6 Å². The average Bonchev–Trinajstić information content (AvgIpc) is 3.25. The van der Waals surface area contributed by atoms with Crippen LogP contribution in [0.25, 0.3) is 0 Å². The second-order valence-corrected chi connectivity index (χ2v) is 8.74. The van der Waals surface area contributed by atoms with Crippen LogP contribution in [0.5, 0.6) is 5.75 Å². The van der Waals surface area contributed by atoms with Gasteiger partial charge in [-0.1, -0.05) is 54.2 Å². The molecule has 2 aromatic heterocycles. The number of fused-ring (bicyclic) bond motifs is 1. The maximum Gasteiger partial charge on any atom is 0.255 e. The monoisotopic (exact) mass is 470 g/mol. The summed E-state index contributed by atoms with van der Waals surface area (Å²) in [6.45, 7) is 1.84. The largest absolute Gasteiger partial charge is 0.508 e. The Morgan fingerprint density at radius 2 is 2.00 bits per heavy atom. The van der Waals surface area contributed by atoms with Crippen LogP contribution in [0, 0.1) is 0 Å². The lowest BCUT2D eigenvalue weighted by molar-refractivity contribution is -0.113. The lowest BCUT2D eigenvalue weighted by atomic mass is 9.95. The van der Waals surface area contributed by atoms with Crippen molar-refractivity contribution in [1.29, 1.82) is 0 Å². The first kappa shape index (κ1) is 21.7. The van der Waals surface area contributed by atoms with E-state index in [-0.39, 0.29) is 11.7 Å². The molecule has 0 bridgehead atoms. The van der Waals surface area contributed by atoms with Crippen molar-refractivity contribution in [3.8, 4) is 5.75 Å². The second-order valence-electron chi connectivity index (χ2n) is 7.79. The number of phenols is 1. The number of carbonyl (C=O) groups excluding carboxylic acids is 1. The molecule has 8 nitrogen and oxygen atoms in total. The van der Waals surface area contributed by atoms with Crippen molar-refractivity contribution in [1.82, 2.24) is 19.7 Å². The van der Waals surface area contributed by atoms with Crippen molar-refractivity contribution in [3.63, 3.8) is 0 Å². The summed E-state index contributed by atoms with van der Waals surface area (Å²) in [6.07, 6.45) is 3.24. The molecule has 0 spiro atoms. The third-order valence-electron chi connectivity index (χ3n) is 5.39. The van der Waals surface area contributed by atoms with Crippen LogP contribution in [-0.2, 0) is 10.5 Å². The number of allylic oxidation sites excluding steroid dienone is 1. The van der Waals surface area contributed by atoms with Gasteiger partial charge in [0.2, 0.25) is 11.1 Å². The molecule has 0 aliphatic carbocycles. The number of aromatic hydroxyl groups is 1. The van der Waals surface area contributed by atoms with Crippen molar-refractivity contribution in [3.05, 3.63) is 102 Å². The molecular weight excluding hydrogens is 448 g/mol. The highest BCUT2D eigenvalue weighted by atomic mass is 32.2. The van der Waals surface area contributed by atoms with Crippen molar-refractivity contribution in [2.45, 2.75) is 23.9 Å². The molecule has 3 heterocycles. The zero-order valence-electron chi connectivity index (χ0n) is 18.3. The third-order valence-corrected chi connectivity index (χ3v) is 6.30. The lowest BCUT2D eigenvalue weighted by Crippen LogP contribution is -2.31. The standard InChI is InChI=1S/C25H22N6O2S/c1-16-21(23(33)28-19-10-6-12-26-14-19)22(18-9-5-11-20(32)13-18)31-24(27-16)29-25(30-31)34-15-17-7-3-2-4-8-17/h2-14,22,32H,15H2,1H3,(H,28,33)(H,27,29,30)/t22-/m0/s1. The number of nitrogens with one attached hydrogen (secondary N) is 2. The van der Waals surface area contributed by atoms with Crippen LogP contribution in [0.3, 0.4) is 0 Å². The van der Waals surface area contributed by atoms with Crippen LogP contribution in [0.4, 0.5) is 11.6 Å². The number of amides is 1. The molecule has 170 valence electrons. The summed E-state index contributed by atoms with van der Waals surface area (Å²) in [7, 11) is 0. The van der Waals surface area contributed by atoms with Crippen LogP contribution in [0.2, 0.25) is 0 Å². The van der Waals surface area contributed by atoms with Gasteiger partial charge in [-0.05, 0) is 42.3 Å². The van der Waals surface area contributed by atoms with Gasteiger partial charge in [0.1, 0.15) is 11.8 Å². The number of carbonyl (C=O) groups is 1. The molecule has 5 rings (SSSR count). The molecule has 1 aliphatic heterocycles. The highest BCUT2D eigenvalue weighted by Crippen LogP contribution is 2.37. The van der Waals surface area contributed by atoms with Crippen molar-refractivity contribution < 1.29 is 9.90 Å². The summed E-state index contributed by atoms with van der Waals surface area (Å²) in [5.41, 5.74) is 3.62. The maximum absolute atomic E-state index is 13.4. The molecule has 0 saturated heterocycles. The second kappa shape index (κ2) is 9.40. The lowest BCUT2D eigenvalue weighted by Gasteiger charge is -2.28. The molecule has 0 fully saturated rings. The van der Waals surface area contributed by atoms with Crippen molar-refractivity contribution >= 4 is 29.3 Å². The van der Waals surface area contributed by atoms with Crippen LogP contribution in [0.1, 0.15) is 24.1 Å². The van der Waals surface area contributed by atoms with Gasteiger partial charge in [0, 0.05) is 17.6 Å². The van der Waals surface area contributed by atoms with Gasteiger partial charge in [-0.15, -0.1) is 5.10 Å². The summed E-state index contributed by atoms with van der Waals surface area (Å²) in [4.78, 5) is 22.1. The fourth-order valence-electron chi connectivity index (χ4n) is 3.85. The fraction of sp³-hybridized carbons (Fsp3) is 0.120. The minimum Gasteiger partial charge on any atom is -0.508 e. The number of phenolic OH excluding ortho intramolecular Hbond substituents is 1. The van der Waals surface area contributed by atoms with Crippen LogP contribution in [-0.4, -0.2) is 30.8 Å². The first-order chi connectivity index (χ1) is 16.6. The first-order valence-electron chi connectivity index (χ1n) is 10.7. The zero-order chi connectivity index (χ0) is 23.5. The maximum atomic E-state index is 13.4. The number of pyridine rings is 1. The van der Waals surface area contributed by atoms with E-state index < -0.39 is 6.04 Å². The Kier molecular flexibility index (Phi) is 6.01. The molecule has 9 heteroatoms. The molecule has 0 saturated carbocycles. The summed E-state index contributed by atoms with van der Waals surface area (Å²) < 4.78 is 1.70. The van der Waals surface area contributed by atoms with Gasteiger partial charge in [-0.25, -0.2) is 4.68 Å². The summed E-state index contributed by atoms with van der Waals surface area (Å²) >= 11 is 1.52. The Morgan fingerprint density at radius 1 is 1.15 bits per heavy atom. The van der Waals surface area contributed by atoms with E-state index in [1.165, 1.54) is 17.3 Å². The minimum atomic E-state index is -0.571. The summed E-state index contributed by atoms with van der Waals surface area (Å²) in [6, 6.07) is 19.9. The number of hydrogen-bond donors (Lipinski definition) is 3. The van der Waals surface area contributed by atoms with E-state index in [9.17, 15) is 9.90 Å². The molecule has 4 aromatic rings. The van der Waals surface area contributed by atoms with Crippen LogP contribution >= 0.6 is 11.8 Å². The Balaban J connectivity index is 1.50. The summed E-state index contributed by atoms with van der Waals surface area (Å²) in [5.74, 6) is 1.09. The van der Waals surface area contributed by atoms with E-state index in [2.05, 4.69) is 32.7 Å². The Hall–Kier alpha value is -4.11. The number of thioether (sulfide) groups is 1. The zero-order valence-corrected chi connectivity index (χ0v) is 19.2. The Morgan fingerprint density at radius 3 is 2.76 bits per heavy atom. The number of benzene rings is 2. The molecule has 2 aromatic carbocycles. The predicted octanol–water partition coefficient (Wildman–Crippen LogP) is 4.60. The van der Waals surface area contributed by atoms with E-state index in [1.807, 2.05) is 31.2 Å². The number of aromatic nitrogens is 4. The van der Waals surface area contributed by atoms with Gasteiger partial charge in [-0.3, -0.25) is 9.78 Å². The smallest absolute Gasteiger partial charge is 0.255 e. The number of hydrogen-bond acceptors (Lipinski definition) is 7. The van der Waals surface area contributed by atoms with E-state index in [0.29, 0.717) is 28.1 Å². The van der Waals surface area contributed by atoms with Gasteiger partial charge in [0.25, 0.3) is 5.91 Å². The number of nitrogens with zero attached hydrogens (tertiary/aromatic N) is 4. The predicted molar refractivity (Wildman–Crippen MR) is 131 cm³/mol. The molecule has 1 atom stereocenters. The molecule has 34 heavy (non-hydrogen) atoms. The van der Waals surface area contributed by atoms with Gasteiger partial charge < -0.3 is 15.7 Å². The van der Waals surface area contributed by atoms with E-state index in [1.54, 1.807) is 47.4 Å². The van der Waals surface area contributed by atoms with Crippen molar-refractivity contribution in [2.75, 3.05) is 10.6 Å². The van der Waals surface area contributed by atoms with Gasteiger partial charge in [0.05, 0.1) is 17.5 Å². The van der Waals surface area contributed by atoms with Crippen molar-refractivity contribution in [2.24, 2.45) is 0 Å². The molecule has 1 aliphatic rings. The normalized spacial score (nSPS) is 14.9. The molecule has 0 unspecified atom stereocenters. The minimum absolute atomic E-state index is 0.112. The number of anilines is 2. The molecular formula is C25H22N6O2S. The quantitative estimate of drug-likeness (QED) is 0.354. The molecule has 1 amide bonds. The average molecular weight is 471 g/mol.